The van der Waals surface area contributed by atoms with Crippen molar-refractivity contribution in [3.63, 3.8) is 0 Å². The van der Waals surface area contributed by atoms with Crippen LogP contribution in [0.25, 0.3) is 0 Å². The van der Waals surface area contributed by atoms with Crippen LogP contribution < -0.4 is 5.73 Å². The number of carbonyl (C=O) groups is 2. The van der Waals surface area contributed by atoms with Crippen LogP contribution in [0.3, 0.4) is 0 Å². The lowest BCUT2D eigenvalue weighted by atomic mass is 10.4. The van der Waals surface area contributed by atoms with Crippen molar-refractivity contribution in [3.05, 3.63) is 24.8 Å². The van der Waals surface area contributed by atoms with Crippen LogP contribution in [0.1, 0.15) is 6.92 Å². The molecule has 0 spiro atoms. The second-order valence-electron chi connectivity index (χ2n) is 5.11. The van der Waals surface area contributed by atoms with Gasteiger partial charge < -0.3 is 19.5 Å². The highest BCUT2D eigenvalue weighted by molar-refractivity contribution is 7.80. The van der Waals surface area contributed by atoms with Crippen LogP contribution in [-0.4, -0.2) is 70.7 Å². The molecule has 0 aromatic carbocycles. The summed E-state index contributed by atoms with van der Waals surface area (Å²) in [4.78, 5) is 20.4. The van der Waals surface area contributed by atoms with Crippen LogP contribution in [0.5, 0.6) is 0 Å². The highest BCUT2D eigenvalue weighted by Gasteiger charge is 2.09. The van der Waals surface area contributed by atoms with E-state index in [4.69, 9.17) is 4.74 Å². The van der Waals surface area contributed by atoms with Gasteiger partial charge in [-0.2, -0.15) is 0 Å². The monoisotopic (exact) mass is 354 g/mol. The summed E-state index contributed by atoms with van der Waals surface area (Å²) in [6.07, 6.45) is 1.06. The third-order valence-electron chi connectivity index (χ3n) is 1.75. The van der Waals surface area contributed by atoms with Gasteiger partial charge in [0.05, 0.1) is 28.3 Å². The number of ether oxygens (including phenoxy) is 1. The van der Waals surface area contributed by atoms with Crippen molar-refractivity contribution < 1.29 is 36.0 Å². The van der Waals surface area contributed by atoms with Crippen LogP contribution in [0.2, 0.25) is 0 Å². The van der Waals surface area contributed by atoms with Crippen molar-refractivity contribution in [1.82, 2.24) is 0 Å². The summed E-state index contributed by atoms with van der Waals surface area (Å²) in [5.74, 6) is -0.784. The Morgan fingerprint density at radius 2 is 1.65 bits per heavy atom. The van der Waals surface area contributed by atoms with Crippen molar-refractivity contribution in [1.29, 1.82) is 0 Å². The molecule has 9 nitrogen and oxygen atoms in total. The van der Waals surface area contributed by atoms with Gasteiger partial charge in [-0.1, -0.05) is 13.2 Å². The maximum Gasteiger partial charge on any atom is 0.333 e. The van der Waals surface area contributed by atoms with E-state index < -0.39 is 16.3 Å². The van der Waals surface area contributed by atoms with Gasteiger partial charge in [-0.25, -0.2) is 13.2 Å². The number of esters is 1. The Labute approximate surface area is 137 Å². The van der Waals surface area contributed by atoms with E-state index in [1.165, 1.54) is 0 Å². The van der Waals surface area contributed by atoms with Gasteiger partial charge in [0.1, 0.15) is 13.2 Å². The second-order valence-corrected chi connectivity index (χ2v) is 6.26. The highest BCUT2D eigenvalue weighted by atomic mass is 32.3. The van der Waals surface area contributed by atoms with E-state index in [0.717, 1.165) is 24.2 Å². The maximum atomic E-state index is 10.9. The minimum Gasteiger partial charge on any atom is -0.726 e. The van der Waals surface area contributed by atoms with Crippen LogP contribution in [0, 0.1) is 0 Å². The molecule has 0 saturated heterocycles. The Hall–Kier alpha value is -1.75. The molecule has 0 atom stereocenters. The molecule has 0 aliphatic carbocycles. The third kappa shape index (κ3) is 33.2. The molecule has 1 amide bonds. The standard InChI is InChI=1S/C9H18NO2.C3H5NO.CH4O4S/c1-8(2)9(11)12-7-6-10(3,4)5;1-2-3(4)5;1-5-6(2,3)4/h1,6-7H2,2-5H3;2H,1H2,(H2,4,5);1H3,(H,2,3,4)/q+1;;/p-1. The summed E-state index contributed by atoms with van der Waals surface area (Å²) in [6, 6.07) is 0. The van der Waals surface area contributed by atoms with Gasteiger partial charge in [0, 0.05) is 5.57 Å². The molecule has 0 saturated carbocycles. The summed E-state index contributed by atoms with van der Waals surface area (Å²) in [5, 5.41) is 0. The SMILES string of the molecule is C=C(C)C(=O)OCC[N+](C)(C)C.C=CC(N)=O.COS(=O)(=O)[O-]. The molecule has 0 aliphatic heterocycles. The fourth-order valence-corrected chi connectivity index (χ4v) is 0.535. The lowest BCUT2D eigenvalue weighted by Crippen LogP contribution is -2.38. The van der Waals surface area contributed by atoms with E-state index in [1.54, 1.807) is 6.92 Å². The molecule has 0 rings (SSSR count). The number of nitrogens with zero attached hydrogens (tertiary/aromatic N) is 1. The van der Waals surface area contributed by atoms with Gasteiger partial charge in [-0.3, -0.25) is 8.98 Å². The predicted octanol–water partition coefficient (Wildman–Crippen LogP) is -0.437. The Morgan fingerprint density at radius 1 is 1.30 bits per heavy atom. The zero-order valence-electron chi connectivity index (χ0n) is 14.2. The first-order chi connectivity index (χ1) is 10.2. The molecule has 10 heteroatoms. The van der Waals surface area contributed by atoms with Crippen LogP contribution >= 0.6 is 0 Å². The van der Waals surface area contributed by atoms with Crippen molar-refractivity contribution in [2.45, 2.75) is 6.92 Å². The summed E-state index contributed by atoms with van der Waals surface area (Å²) in [6.45, 7) is 9.50. The Bertz CT molecular complexity index is 493. The first kappa shape index (κ1) is 26.2. The number of nitrogens with two attached hydrogens (primary N) is 1. The van der Waals surface area contributed by atoms with Gasteiger partial charge in [0.2, 0.25) is 16.3 Å². The maximum absolute atomic E-state index is 10.9. The van der Waals surface area contributed by atoms with E-state index in [2.05, 4.69) is 44.2 Å². The average molecular weight is 354 g/mol. The van der Waals surface area contributed by atoms with Crippen LogP contribution in [0.4, 0.5) is 0 Å². The predicted molar refractivity (Wildman–Crippen MR) is 84.8 cm³/mol. The van der Waals surface area contributed by atoms with Crippen LogP contribution in [0.15, 0.2) is 24.8 Å². The normalized spacial score (nSPS) is 10.2. The van der Waals surface area contributed by atoms with E-state index in [1.807, 2.05) is 0 Å². The molecule has 0 aromatic rings. The molecule has 0 unspecified atom stereocenters. The summed E-state index contributed by atoms with van der Waals surface area (Å²) >= 11 is 0. The number of hydrogen-bond donors (Lipinski definition) is 1. The Balaban J connectivity index is -0.000000303. The smallest absolute Gasteiger partial charge is 0.333 e. The topological polar surface area (TPSA) is 136 Å². The van der Waals surface area contributed by atoms with Gasteiger partial charge >= 0.3 is 5.97 Å². The minimum absolute atomic E-state index is 0.302. The summed E-state index contributed by atoms with van der Waals surface area (Å²) in [7, 11) is 2.55. The zero-order chi connectivity index (χ0) is 19.3. The number of carbonyl (C=O) groups excluding carboxylic acids is 2. The number of primary amides is 1. The molecule has 0 bridgehead atoms. The van der Waals surface area contributed by atoms with Gasteiger partial charge in [0.15, 0.2) is 0 Å². The molecule has 136 valence electrons. The lowest BCUT2D eigenvalue weighted by Gasteiger charge is -2.23. The van der Waals surface area contributed by atoms with Gasteiger partial charge in [0.25, 0.3) is 0 Å². The molecule has 0 aromatic heterocycles. The van der Waals surface area contributed by atoms with Gasteiger partial charge in [-0.15, -0.1) is 0 Å². The highest BCUT2D eigenvalue weighted by Crippen LogP contribution is 1.94. The Kier molecular flexibility index (Phi) is 14.5. The number of quaternary nitrogens is 1. The molecule has 0 heterocycles. The zero-order valence-corrected chi connectivity index (χ0v) is 15.0. The lowest BCUT2D eigenvalue weighted by molar-refractivity contribution is -0.870. The first-order valence-electron chi connectivity index (χ1n) is 6.22. The van der Waals surface area contributed by atoms with E-state index >= 15 is 0 Å². The number of hydrogen-bond acceptors (Lipinski definition) is 7. The van der Waals surface area contributed by atoms with Crippen molar-refractivity contribution >= 4 is 22.3 Å². The quantitative estimate of drug-likeness (QED) is 0.224. The Morgan fingerprint density at radius 3 is 1.83 bits per heavy atom. The largest absolute Gasteiger partial charge is 0.726 e. The van der Waals surface area contributed by atoms with Crippen molar-refractivity contribution in [3.8, 4) is 0 Å². The van der Waals surface area contributed by atoms with Gasteiger partial charge in [-0.05, 0) is 13.0 Å². The molecular weight excluding hydrogens is 328 g/mol. The second kappa shape index (κ2) is 12.8. The molecule has 0 fully saturated rings. The molecular formula is C13H26N2O7S. The van der Waals surface area contributed by atoms with E-state index in [9.17, 15) is 22.6 Å². The number of amides is 1. The molecule has 0 radical (unpaired) electrons. The third-order valence-corrected chi connectivity index (χ3v) is 2.16. The molecule has 0 aliphatic rings. The molecule has 2 N–H and O–H groups in total. The summed E-state index contributed by atoms with van der Waals surface area (Å²) < 4.78 is 36.7. The van der Waals surface area contributed by atoms with E-state index in [-0.39, 0.29) is 5.97 Å². The van der Waals surface area contributed by atoms with Crippen molar-refractivity contribution in [2.75, 3.05) is 41.4 Å². The minimum atomic E-state index is -4.41. The fraction of sp³-hybridized carbons (Fsp3) is 0.538. The number of rotatable bonds is 6. The fourth-order valence-electron chi connectivity index (χ4n) is 0.535. The van der Waals surface area contributed by atoms with Crippen molar-refractivity contribution in [2.24, 2.45) is 5.73 Å². The number of likely N-dealkylation sites (N-methyl/N-ethyl adjacent to an activating group) is 1. The summed E-state index contributed by atoms with van der Waals surface area (Å²) in [5.41, 5.74) is 4.99. The van der Waals surface area contributed by atoms with E-state index in [0.29, 0.717) is 12.2 Å². The first-order valence-corrected chi connectivity index (χ1v) is 7.56. The van der Waals surface area contributed by atoms with Crippen LogP contribution in [-0.2, 0) is 28.9 Å². The molecule has 23 heavy (non-hydrogen) atoms. The average Bonchev–Trinajstić information content (AvgIpc) is 2.37.